The number of amides is 1. The minimum absolute atomic E-state index is 0.0136. The van der Waals surface area contributed by atoms with E-state index < -0.39 is 10.0 Å². The second-order valence-electron chi connectivity index (χ2n) is 9.46. The molecule has 2 aromatic carbocycles. The van der Waals surface area contributed by atoms with Crippen molar-refractivity contribution >= 4 is 15.9 Å². The van der Waals surface area contributed by atoms with Gasteiger partial charge >= 0.3 is 0 Å². The molecule has 0 bridgehead atoms. The summed E-state index contributed by atoms with van der Waals surface area (Å²) in [6.07, 6.45) is 3.68. The van der Waals surface area contributed by atoms with Gasteiger partial charge in [0.1, 0.15) is 0 Å². The topological polar surface area (TPSA) is 69.7 Å². The van der Waals surface area contributed by atoms with Crippen LogP contribution in [0.4, 0.5) is 0 Å². The normalized spacial score (nSPS) is 18.5. The van der Waals surface area contributed by atoms with Crippen molar-refractivity contribution < 1.29 is 13.2 Å². The van der Waals surface area contributed by atoms with Gasteiger partial charge in [-0.2, -0.15) is 4.31 Å². The Balaban J connectivity index is 1.26. The molecule has 2 fully saturated rings. The molecule has 2 aliphatic rings. The smallest absolute Gasteiger partial charge is 0.243 e. The summed E-state index contributed by atoms with van der Waals surface area (Å²) < 4.78 is 27.7. The van der Waals surface area contributed by atoms with Crippen molar-refractivity contribution in [2.45, 2.75) is 57.5 Å². The van der Waals surface area contributed by atoms with E-state index in [1.54, 1.807) is 6.07 Å². The van der Waals surface area contributed by atoms with Crippen LogP contribution in [0.25, 0.3) is 0 Å². The second-order valence-corrected chi connectivity index (χ2v) is 11.4. The van der Waals surface area contributed by atoms with Crippen LogP contribution in [0, 0.1) is 19.8 Å². The van der Waals surface area contributed by atoms with Crippen LogP contribution in [0.5, 0.6) is 0 Å². The van der Waals surface area contributed by atoms with E-state index in [2.05, 4.69) is 34.5 Å². The molecule has 33 heavy (non-hydrogen) atoms. The van der Waals surface area contributed by atoms with Crippen molar-refractivity contribution in [3.63, 3.8) is 0 Å². The lowest BCUT2D eigenvalue weighted by molar-refractivity contribution is -0.126. The van der Waals surface area contributed by atoms with Gasteiger partial charge < -0.3 is 5.32 Å². The molecule has 0 radical (unpaired) electrons. The Labute approximate surface area is 198 Å². The zero-order valence-corrected chi connectivity index (χ0v) is 20.5. The van der Waals surface area contributed by atoms with Crippen LogP contribution >= 0.6 is 0 Å². The Morgan fingerprint density at radius 3 is 2.21 bits per heavy atom. The highest BCUT2D eigenvalue weighted by Gasteiger charge is 2.32. The fourth-order valence-electron chi connectivity index (χ4n) is 4.88. The molecule has 4 rings (SSSR count). The van der Waals surface area contributed by atoms with Gasteiger partial charge in [0.25, 0.3) is 0 Å². The zero-order chi connectivity index (χ0) is 23.4. The number of rotatable bonds is 7. The third kappa shape index (κ3) is 5.83. The average molecular weight is 470 g/mol. The zero-order valence-electron chi connectivity index (χ0n) is 19.7. The molecule has 0 atom stereocenters. The molecule has 2 aromatic rings. The predicted octanol–water partition coefficient (Wildman–Crippen LogP) is 3.62. The average Bonchev–Trinajstić information content (AvgIpc) is 3.31. The lowest BCUT2D eigenvalue weighted by atomic mass is 9.97. The maximum atomic E-state index is 13.1. The number of carbonyl (C=O) groups excluding carboxylic acids is 1. The van der Waals surface area contributed by atoms with Crippen molar-refractivity contribution in [3.8, 4) is 0 Å². The number of nitrogens with zero attached hydrogens (tertiary/aromatic N) is 2. The Hall–Kier alpha value is -2.22. The number of benzene rings is 2. The molecule has 0 aromatic heterocycles. The fraction of sp³-hybridized carbons (Fsp3) is 0.500. The highest BCUT2D eigenvalue weighted by atomic mass is 32.2. The molecular weight excluding hydrogens is 434 g/mol. The number of aryl methyl sites for hydroxylation is 2. The van der Waals surface area contributed by atoms with E-state index in [4.69, 9.17) is 0 Å². The minimum Gasteiger partial charge on any atom is -0.352 e. The van der Waals surface area contributed by atoms with Gasteiger partial charge in [0.2, 0.25) is 15.9 Å². The number of likely N-dealkylation sites (tertiary alicyclic amines) is 1. The van der Waals surface area contributed by atoms with Crippen molar-refractivity contribution in [1.29, 1.82) is 0 Å². The van der Waals surface area contributed by atoms with Crippen LogP contribution in [-0.2, 0) is 27.9 Å². The van der Waals surface area contributed by atoms with Crippen molar-refractivity contribution in [2.75, 3.05) is 26.2 Å². The molecule has 0 unspecified atom stereocenters. The van der Waals surface area contributed by atoms with E-state index in [0.717, 1.165) is 23.2 Å². The largest absolute Gasteiger partial charge is 0.352 e. The number of carbonyl (C=O) groups is 1. The third-order valence-corrected chi connectivity index (χ3v) is 8.93. The summed E-state index contributed by atoms with van der Waals surface area (Å²) in [6.45, 7) is 8.40. The first-order chi connectivity index (χ1) is 15.8. The van der Waals surface area contributed by atoms with E-state index in [0.29, 0.717) is 37.4 Å². The van der Waals surface area contributed by atoms with Crippen LogP contribution < -0.4 is 5.32 Å². The van der Waals surface area contributed by atoms with Gasteiger partial charge in [0.15, 0.2) is 0 Å². The molecule has 1 amide bonds. The molecule has 2 saturated heterocycles. The van der Waals surface area contributed by atoms with Crippen molar-refractivity contribution in [2.24, 2.45) is 5.92 Å². The summed E-state index contributed by atoms with van der Waals surface area (Å²) in [6, 6.07) is 13.9. The molecule has 2 heterocycles. The molecule has 178 valence electrons. The number of nitrogens with one attached hydrogen (secondary N) is 1. The molecule has 2 aliphatic heterocycles. The van der Waals surface area contributed by atoms with Gasteiger partial charge in [-0.1, -0.05) is 42.0 Å². The quantitative estimate of drug-likeness (QED) is 0.673. The van der Waals surface area contributed by atoms with E-state index in [9.17, 15) is 13.2 Å². The number of sulfonamides is 1. The van der Waals surface area contributed by atoms with Gasteiger partial charge in [-0.15, -0.1) is 0 Å². The highest BCUT2D eigenvalue weighted by Crippen LogP contribution is 2.26. The Morgan fingerprint density at radius 1 is 0.939 bits per heavy atom. The number of hydrogen-bond donors (Lipinski definition) is 1. The summed E-state index contributed by atoms with van der Waals surface area (Å²) in [5, 5.41) is 3.04. The summed E-state index contributed by atoms with van der Waals surface area (Å²) in [5.41, 5.74) is 4.21. The van der Waals surface area contributed by atoms with Crippen LogP contribution in [0.1, 0.15) is 47.9 Å². The summed E-state index contributed by atoms with van der Waals surface area (Å²) in [4.78, 5) is 15.5. The van der Waals surface area contributed by atoms with E-state index >= 15 is 0 Å². The van der Waals surface area contributed by atoms with Crippen molar-refractivity contribution in [3.05, 3.63) is 64.7 Å². The lowest BCUT2D eigenvalue weighted by Gasteiger charge is -2.31. The predicted molar refractivity (Wildman–Crippen MR) is 130 cm³/mol. The Bertz CT molecular complexity index is 1070. The first kappa shape index (κ1) is 23.9. The molecule has 7 heteroatoms. The van der Waals surface area contributed by atoms with Gasteiger partial charge in [0.05, 0.1) is 4.90 Å². The minimum atomic E-state index is -3.53. The molecule has 0 spiro atoms. The van der Waals surface area contributed by atoms with E-state index in [1.165, 1.54) is 35.8 Å². The van der Waals surface area contributed by atoms with E-state index in [1.807, 2.05) is 26.0 Å². The Kier molecular flexibility index (Phi) is 7.51. The molecule has 6 nitrogen and oxygen atoms in total. The molecule has 1 N–H and O–H groups in total. The molecular formula is C26H35N3O3S. The van der Waals surface area contributed by atoms with Crippen molar-refractivity contribution in [1.82, 2.24) is 14.5 Å². The third-order valence-electron chi connectivity index (χ3n) is 6.87. The number of hydrogen-bond acceptors (Lipinski definition) is 4. The lowest BCUT2D eigenvalue weighted by Crippen LogP contribution is -2.43. The first-order valence-electron chi connectivity index (χ1n) is 12.0. The second kappa shape index (κ2) is 10.4. The summed E-state index contributed by atoms with van der Waals surface area (Å²) >= 11 is 0. The van der Waals surface area contributed by atoms with Gasteiger partial charge in [0, 0.05) is 32.1 Å². The Morgan fingerprint density at radius 2 is 1.58 bits per heavy atom. The van der Waals surface area contributed by atoms with E-state index in [-0.39, 0.29) is 11.8 Å². The SMILES string of the molecule is Cc1ccc(S(=O)(=O)N2CCC(C(=O)NCc3ccc(CN4CCCC4)cc3)CC2)c(C)c1. The van der Waals surface area contributed by atoms with Gasteiger partial charge in [-0.05, 0) is 75.4 Å². The van der Waals surface area contributed by atoms with Gasteiger partial charge in [-0.25, -0.2) is 8.42 Å². The molecule has 0 saturated carbocycles. The fourth-order valence-corrected chi connectivity index (χ4v) is 6.56. The maximum Gasteiger partial charge on any atom is 0.243 e. The summed E-state index contributed by atoms with van der Waals surface area (Å²) in [5.74, 6) is -0.135. The molecule has 0 aliphatic carbocycles. The number of piperidine rings is 1. The summed E-state index contributed by atoms with van der Waals surface area (Å²) in [7, 11) is -3.53. The van der Waals surface area contributed by atoms with Crippen LogP contribution in [0.3, 0.4) is 0 Å². The van der Waals surface area contributed by atoms with Crippen LogP contribution in [0.15, 0.2) is 47.4 Å². The highest BCUT2D eigenvalue weighted by molar-refractivity contribution is 7.89. The standard InChI is InChI=1S/C26H35N3O3S/c1-20-5-10-25(21(2)17-20)33(31,32)29-15-11-24(12-16-29)26(30)27-18-22-6-8-23(9-7-22)19-28-13-3-4-14-28/h5-10,17,24H,3-4,11-16,18-19H2,1-2H3,(H,27,30). The van der Waals surface area contributed by atoms with Gasteiger partial charge in [-0.3, -0.25) is 9.69 Å². The maximum absolute atomic E-state index is 13.1. The van der Waals surface area contributed by atoms with Crippen LogP contribution in [-0.4, -0.2) is 49.7 Å². The first-order valence-corrected chi connectivity index (χ1v) is 13.4. The van der Waals surface area contributed by atoms with Crippen LogP contribution in [0.2, 0.25) is 0 Å². The monoisotopic (exact) mass is 469 g/mol.